The summed E-state index contributed by atoms with van der Waals surface area (Å²) in [5.74, 6) is 0.328. The number of amides is 1. The molecule has 8 nitrogen and oxygen atoms in total. The van der Waals surface area contributed by atoms with E-state index in [-0.39, 0.29) is 23.9 Å². The van der Waals surface area contributed by atoms with E-state index in [4.69, 9.17) is 9.47 Å². The molecule has 32 heavy (non-hydrogen) atoms. The Morgan fingerprint density at radius 1 is 1.28 bits per heavy atom. The molecule has 1 aromatic carbocycles. The van der Waals surface area contributed by atoms with Crippen molar-refractivity contribution in [3.05, 3.63) is 45.2 Å². The molecule has 0 spiro atoms. The third kappa shape index (κ3) is 3.43. The van der Waals surface area contributed by atoms with Crippen molar-refractivity contribution >= 4 is 11.9 Å². The van der Waals surface area contributed by atoms with Crippen molar-refractivity contribution in [3.8, 4) is 22.8 Å². The summed E-state index contributed by atoms with van der Waals surface area (Å²) in [5.41, 5.74) is 2.18. The van der Waals surface area contributed by atoms with Gasteiger partial charge in [0.2, 0.25) is 5.91 Å². The van der Waals surface area contributed by atoms with Crippen LogP contribution < -0.4 is 19.9 Å². The number of nitrogens with zero attached hydrogens (tertiary/aromatic N) is 2. The van der Waals surface area contributed by atoms with Gasteiger partial charge in [0, 0.05) is 35.7 Å². The van der Waals surface area contributed by atoms with E-state index in [2.05, 4.69) is 0 Å². The van der Waals surface area contributed by atoms with Crippen LogP contribution >= 0.6 is 0 Å². The lowest BCUT2D eigenvalue weighted by Gasteiger charge is -2.35. The highest BCUT2D eigenvalue weighted by Crippen LogP contribution is 2.46. The summed E-state index contributed by atoms with van der Waals surface area (Å²) in [5, 5.41) is 11.0. The number of fused-ring (bicyclic) bond motifs is 5. The number of hydrogen-bond donors (Lipinski definition) is 1. The molecule has 1 N–H and O–H groups in total. The second-order valence-electron chi connectivity index (χ2n) is 9.03. The first-order chi connectivity index (χ1) is 15.3. The van der Waals surface area contributed by atoms with Gasteiger partial charge < -0.3 is 14.6 Å². The molecule has 0 atom stereocenters. The quantitative estimate of drug-likeness (QED) is 0.745. The van der Waals surface area contributed by atoms with Gasteiger partial charge in [-0.05, 0) is 24.0 Å². The summed E-state index contributed by atoms with van der Waals surface area (Å²) >= 11 is 0. The normalized spacial score (nSPS) is 16.3. The number of carbonyl (C=O) groups is 2. The first kappa shape index (κ1) is 20.6. The summed E-state index contributed by atoms with van der Waals surface area (Å²) in [6, 6.07) is 3.22. The van der Waals surface area contributed by atoms with Crippen LogP contribution in [-0.2, 0) is 17.8 Å². The highest BCUT2D eigenvalue weighted by Gasteiger charge is 2.34. The summed E-state index contributed by atoms with van der Waals surface area (Å²) in [7, 11) is 0. The van der Waals surface area contributed by atoms with Crippen LogP contribution in [0.4, 0.5) is 0 Å². The van der Waals surface area contributed by atoms with E-state index in [9.17, 15) is 19.5 Å². The lowest BCUT2D eigenvalue weighted by Crippen LogP contribution is -2.46. The van der Waals surface area contributed by atoms with Crippen molar-refractivity contribution in [1.29, 1.82) is 0 Å². The molecule has 1 saturated carbocycles. The van der Waals surface area contributed by atoms with Crippen molar-refractivity contribution in [2.45, 2.75) is 46.1 Å². The molecule has 1 aromatic heterocycles. The maximum absolute atomic E-state index is 13.0. The van der Waals surface area contributed by atoms with Gasteiger partial charge in [-0.3, -0.25) is 14.3 Å². The number of hydrogen-bond acceptors (Lipinski definition) is 5. The van der Waals surface area contributed by atoms with Crippen LogP contribution in [0, 0.1) is 11.8 Å². The Balaban J connectivity index is 1.65. The molecule has 0 unspecified atom stereocenters. The predicted molar refractivity (Wildman–Crippen MR) is 117 cm³/mol. The molecule has 1 amide bonds. The number of carboxylic acid groups (broad SMARTS) is 1. The molecule has 168 valence electrons. The third-order valence-corrected chi connectivity index (χ3v) is 6.35. The first-order valence-corrected chi connectivity index (χ1v) is 11.1. The second kappa shape index (κ2) is 7.69. The Morgan fingerprint density at radius 2 is 2.06 bits per heavy atom. The van der Waals surface area contributed by atoms with Gasteiger partial charge in [0.1, 0.15) is 5.56 Å². The summed E-state index contributed by atoms with van der Waals surface area (Å²) < 4.78 is 13.5. The summed E-state index contributed by atoms with van der Waals surface area (Å²) in [4.78, 5) is 37.2. The van der Waals surface area contributed by atoms with E-state index in [0.717, 1.165) is 29.0 Å². The Kier molecular flexibility index (Phi) is 4.95. The predicted octanol–water partition coefficient (Wildman–Crippen LogP) is 2.96. The molecule has 5 rings (SSSR count). The Morgan fingerprint density at radius 3 is 2.75 bits per heavy atom. The number of ether oxygens (including phenoxy) is 2. The minimum atomic E-state index is -1.32. The average molecular weight is 438 g/mol. The SMILES string of the molecule is CC(C)C(=O)N1Cc2cc(OCCC3CC3)c3c(c2-c2cc(=O)c(C(=O)O)cn21)CCO3. The fourth-order valence-corrected chi connectivity index (χ4v) is 4.49. The molecule has 3 aliphatic rings. The number of aromatic carboxylic acids is 1. The maximum atomic E-state index is 13.0. The molecule has 0 saturated heterocycles. The molecule has 8 heteroatoms. The number of pyridine rings is 1. The van der Waals surface area contributed by atoms with Gasteiger partial charge in [-0.25, -0.2) is 9.80 Å². The van der Waals surface area contributed by atoms with Crippen molar-refractivity contribution in [2.24, 2.45) is 11.8 Å². The van der Waals surface area contributed by atoms with E-state index in [1.165, 1.54) is 34.8 Å². The van der Waals surface area contributed by atoms with Gasteiger partial charge in [0.15, 0.2) is 16.9 Å². The van der Waals surface area contributed by atoms with Crippen LogP contribution in [-0.4, -0.2) is 34.9 Å². The Labute approximate surface area is 185 Å². The Hall–Kier alpha value is -3.29. The zero-order valence-corrected chi connectivity index (χ0v) is 18.2. The van der Waals surface area contributed by atoms with Gasteiger partial charge >= 0.3 is 5.97 Å². The van der Waals surface area contributed by atoms with Crippen LogP contribution in [0.25, 0.3) is 11.3 Å². The first-order valence-electron chi connectivity index (χ1n) is 11.1. The highest BCUT2D eigenvalue weighted by atomic mass is 16.5. The molecule has 3 heterocycles. The lowest BCUT2D eigenvalue weighted by atomic mass is 9.93. The van der Waals surface area contributed by atoms with E-state index in [1.807, 2.05) is 6.07 Å². The van der Waals surface area contributed by atoms with E-state index in [0.29, 0.717) is 36.8 Å². The number of aromatic nitrogens is 1. The van der Waals surface area contributed by atoms with E-state index in [1.54, 1.807) is 13.8 Å². The van der Waals surface area contributed by atoms with Gasteiger partial charge in [0.05, 0.1) is 25.5 Å². The summed E-state index contributed by atoms with van der Waals surface area (Å²) in [6.07, 6.45) is 5.45. The van der Waals surface area contributed by atoms with Crippen molar-refractivity contribution in [3.63, 3.8) is 0 Å². The van der Waals surface area contributed by atoms with Crippen LogP contribution in [0.5, 0.6) is 11.5 Å². The van der Waals surface area contributed by atoms with Crippen LogP contribution in [0.1, 0.15) is 54.6 Å². The van der Waals surface area contributed by atoms with Crippen molar-refractivity contribution < 1.29 is 24.2 Å². The highest BCUT2D eigenvalue weighted by molar-refractivity contribution is 5.92. The van der Waals surface area contributed by atoms with Gasteiger partial charge in [-0.1, -0.05) is 26.7 Å². The number of carboxylic acids is 1. The molecule has 2 aromatic rings. The molecule has 0 bridgehead atoms. The van der Waals surface area contributed by atoms with E-state index < -0.39 is 11.4 Å². The lowest BCUT2D eigenvalue weighted by molar-refractivity contribution is -0.123. The second-order valence-corrected chi connectivity index (χ2v) is 9.03. The summed E-state index contributed by atoms with van der Waals surface area (Å²) in [6.45, 7) is 4.97. The standard InChI is InChI=1S/C24H26N2O6/c1-13(2)23(28)26-11-15-9-20(31-7-5-14-3-4-14)22-16(6-8-32-22)21(15)18-10-19(27)17(24(29)30)12-25(18)26/h9-10,12-14H,3-8,11H2,1-2H3,(H,29,30). The monoisotopic (exact) mass is 438 g/mol. The van der Waals surface area contributed by atoms with Crippen LogP contribution in [0.15, 0.2) is 23.1 Å². The van der Waals surface area contributed by atoms with Crippen molar-refractivity contribution in [1.82, 2.24) is 4.68 Å². The van der Waals surface area contributed by atoms with Gasteiger partial charge in [0.25, 0.3) is 0 Å². The molecule has 2 aliphatic heterocycles. The zero-order chi connectivity index (χ0) is 22.6. The van der Waals surface area contributed by atoms with Crippen LogP contribution in [0.3, 0.4) is 0 Å². The maximum Gasteiger partial charge on any atom is 0.341 e. The molecular formula is C24H26N2O6. The van der Waals surface area contributed by atoms with Gasteiger partial charge in [-0.15, -0.1) is 0 Å². The molecule has 0 radical (unpaired) electrons. The minimum Gasteiger partial charge on any atom is -0.490 e. The van der Waals surface area contributed by atoms with Crippen LogP contribution in [0.2, 0.25) is 0 Å². The third-order valence-electron chi connectivity index (χ3n) is 6.35. The topological polar surface area (TPSA) is 98.1 Å². The number of benzene rings is 1. The molecular weight excluding hydrogens is 412 g/mol. The fourth-order valence-electron chi connectivity index (χ4n) is 4.49. The largest absolute Gasteiger partial charge is 0.490 e. The fraction of sp³-hybridized carbons (Fsp3) is 0.458. The van der Waals surface area contributed by atoms with E-state index >= 15 is 0 Å². The smallest absolute Gasteiger partial charge is 0.341 e. The molecule has 1 fully saturated rings. The van der Waals surface area contributed by atoms with Gasteiger partial charge in [-0.2, -0.15) is 0 Å². The average Bonchev–Trinajstić information content (AvgIpc) is 3.44. The number of rotatable bonds is 6. The molecule has 1 aliphatic carbocycles. The number of carbonyl (C=O) groups excluding carboxylic acids is 1. The van der Waals surface area contributed by atoms with Crippen molar-refractivity contribution in [2.75, 3.05) is 18.2 Å². The minimum absolute atomic E-state index is 0.162. The zero-order valence-electron chi connectivity index (χ0n) is 18.2. The Bertz CT molecular complexity index is 1180.